The second kappa shape index (κ2) is 7.04. The molecule has 6 nitrogen and oxygen atoms in total. The molecule has 1 atom stereocenters. The Morgan fingerprint density at radius 2 is 2.35 bits per heavy atom. The number of nitrogens with zero attached hydrogens (tertiary/aromatic N) is 4. The van der Waals surface area contributed by atoms with Crippen LogP contribution in [0.3, 0.4) is 0 Å². The molecule has 2 aromatic heterocycles. The van der Waals surface area contributed by atoms with Gasteiger partial charge in [0.25, 0.3) is 5.91 Å². The maximum Gasteiger partial charge on any atom is 0.263 e. The van der Waals surface area contributed by atoms with Gasteiger partial charge in [0, 0.05) is 31.5 Å². The maximum absolute atomic E-state index is 12.6. The lowest BCUT2D eigenvalue weighted by Crippen LogP contribution is -2.48. The van der Waals surface area contributed by atoms with Crippen molar-refractivity contribution in [2.45, 2.75) is 39.2 Å². The molecule has 1 amide bonds. The van der Waals surface area contributed by atoms with E-state index < -0.39 is 0 Å². The van der Waals surface area contributed by atoms with Crippen LogP contribution in [0.15, 0.2) is 18.6 Å². The number of piperidine rings is 1. The SMILES string of the molecule is CCc1nc(C)sc1C(=O)N[C@H]1CCCN(c2cnccn2)C1. The number of hydrogen-bond donors (Lipinski definition) is 1. The standard InChI is InChI=1S/C16H21N5OS/c1-3-13-15(23-11(2)19-13)16(22)20-12-5-4-8-21(10-12)14-9-17-6-7-18-14/h6-7,9,12H,3-5,8,10H2,1-2H3,(H,20,22)/t12-/m0/s1. The Bertz CT molecular complexity index is 672. The zero-order valence-electron chi connectivity index (χ0n) is 13.5. The Balaban J connectivity index is 1.66. The van der Waals surface area contributed by atoms with E-state index in [0.717, 1.165) is 53.7 Å². The summed E-state index contributed by atoms with van der Waals surface area (Å²) in [6.45, 7) is 5.69. The van der Waals surface area contributed by atoms with Crippen LogP contribution in [0.25, 0.3) is 0 Å². The van der Waals surface area contributed by atoms with E-state index in [1.165, 1.54) is 11.3 Å². The van der Waals surface area contributed by atoms with Crippen LogP contribution < -0.4 is 10.2 Å². The predicted molar refractivity (Wildman–Crippen MR) is 91.0 cm³/mol. The van der Waals surface area contributed by atoms with Crippen molar-refractivity contribution in [3.05, 3.63) is 34.2 Å². The zero-order chi connectivity index (χ0) is 16.2. The highest BCUT2D eigenvalue weighted by Gasteiger charge is 2.24. The van der Waals surface area contributed by atoms with Gasteiger partial charge in [0.1, 0.15) is 10.7 Å². The van der Waals surface area contributed by atoms with Crippen molar-refractivity contribution in [3.63, 3.8) is 0 Å². The van der Waals surface area contributed by atoms with Crippen LogP contribution in [0.4, 0.5) is 5.82 Å². The van der Waals surface area contributed by atoms with Gasteiger partial charge in [-0.25, -0.2) is 9.97 Å². The van der Waals surface area contributed by atoms with Gasteiger partial charge in [-0.1, -0.05) is 6.92 Å². The third-order valence-corrected chi connectivity index (χ3v) is 4.99. The van der Waals surface area contributed by atoms with E-state index in [2.05, 4.69) is 25.2 Å². The van der Waals surface area contributed by atoms with Gasteiger partial charge in [-0.05, 0) is 26.2 Å². The molecule has 2 aromatic rings. The molecule has 0 bridgehead atoms. The number of amides is 1. The summed E-state index contributed by atoms with van der Waals surface area (Å²) in [5.74, 6) is 0.868. The molecule has 0 aliphatic carbocycles. The Morgan fingerprint density at radius 1 is 1.48 bits per heavy atom. The van der Waals surface area contributed by atoms with Gasteiger partial charge in [-0.15, -0.1) is 11.3 Å². The van der Waals surface area contributed by atoms with Crippen molar-refractivity contribution < 1.29 is 4.79 Å². The monoisotopic (exact) mass is 331 g/mol. The summed E-state index contributed by atoms with van der Waals surface area (Å²) in [6.07, 6.45) is 7.94. The van der Waals surface area contributed by atoms with Gasteiger partial charge in [0.05, 0.1) is 16.9 Å². The smallest absolute Gasteiger partial charge is 0.263 e. The van der Waals surface area contributed by atoms with Crippen molar-refractivity contribution >= 4 is 23.1 Å². The number of anilines is 1. The lowest BCUT2D eigenvalue weighted by Gasteiger charge is -2.33. The van der Waals surface area contributed by atoms with Crippen LogP contribution in [0, 0.1) is 6.92 Å². The van der Waals surface area contributed by atoms with Gasteiger partial charge in [-0.2, -0.15) is 0 Å². The Hall–Kier alpha value is -2.02. The molecular formula is C16H21N5OS. The molecule has 3 rings (SSSR count). The summed E-state index contributed by atoms with van der Waals surface area (Å²) in [5.41, 5.74) is 0.895. The van der Waals surface area contributed by atoms with Crippen LogP contribution in [0.2, 0.25) is 0 Å². The number of nitrogens with one attached hydrogen (secondary N) is 1. The van der Waals surface area contributed by atoms with Crippen LogP contribution in [0.5, 0.6) is 0 Å². The molecule has 3 heterocycles. The van der Waals surface area contributed by atoms with Crippen LogP contribution in [0.1, 0.15) is 40.1 Å². The topological polar surface area (TPSA) is 71.0 Å². The van der Waals surface area contributed by atoms with E-state index in [4.69, 9.17) is 0 Å². The first-order valence-electron chi connectivity index (χ1n) is 7.95. The maximum atomic E-state index is 12.6. The Morgan fingerprint density at radius 3 is 3.09 bits per heavy atom. The summed E-state index contributed by atoms with van der Waals surface area (Å²) in [4.78, 5) is 28.4. The third-order valence-electron chi connectivity index (χ3n) is 3.98. The Kier molecular flexibility index (Phi) is 4.85. The molecule has 0 aromatic carbocycles. The number of aromatic nitrogens is 3. The van der Waals surface area contributed by atoms with E-state index in [1.807, 2.05) is 13.8 Å². The summed E-state index contributed by atoms with van der Waals surface area (Å²) in [7, 11) is 0. The van der Waals surface area contributed by atoms with Crippen molar-refractivity contribution in [3.8, 4) is 0 Å². The van der Waals surface area contributed by atoms with Crippen molar-refractivity contribution in [1.29, 1.82) is 0 Å². The molecule has 0 saturated carbocycles. The van der Waals surface area contributed by atoms with Gasteiger partial charge in [-0.3, -0.25) is 9.78 Å². The van der Waals surface area contributed by atoms with Crippen molar-refractivity contribution in [2.75, 3.05) is 18.0 Å². The van der Waals surface area contributed by atoms with Gasteiger partial charge >= 0.3 is 0 Å². The molecule has 1 aliphatic heterocycles. The quantitative estimate of drug-likeness (QED) is 0.930. The molecule has 1 aliphatic rings. The highest BCUT2D eigenvalue weighted by atomic mass is 32.1. The number of hydrogen-bond acceptors (Lipinski definition) is 6. The molecular weight excluding hydrogens is 310 g/mol. The number of carbonyl (C=O) groups excluding carboxylic acids is 1. The van der Waals surface area contributed by atoms with Crippen molar-refractivity contribution in [2.24, 2.45) is 0 Å². The van der Waals surface area contributed by atoms with Crippen LogP contribution in [-0.4, -0.2) is 40.0 Å². The molecule has 1 N–H and O–H groups in total. The summed E-state index contributed by atoms with van der Waals surface area (Å²) in [5, 5.41) is 4.11. The van der Waals surface area contributed by atoms with Crippen LogP contribution in [-0.2, 0) is 6.42 Å². The first kappa shape index (κ1) is 15.9. The second-order valence-corrected chi connectivity index (χ2v) is 6.89. The highest BCUT2D eigenvalue weighted by Crippen LogP contribution is 2.20. The number of thiazole rings is 1. The third kappa shape index (κ3) is 3.67. The lowest BCUT2D eigenvalue weighted by molar-refractivity contribution is 0.0936. The first-order valence-corrected chi connectivity index (χ1v) is 8.77. The fourth-order valence-corrected chi connectivity index (χ4v) is 3.81. The average molecular weight is 331 g/mol. The van der Waals surface area contributed by atoms with Crippen molar-refractivity contribution in [1.82, 2.24) is 20.3 Å². The second-order valence-electron chi connectivity index (χ2n) is 5.68. The molecule has 23 heavy (non-hydrogen) atoms. The summed E-state index contributed by atoms with van der Waals surface area (Å²) in [6, 6.07) is 0.130. The minimum atomic E-state index is -0.00144. The number of rotatable bonds is 4. The van der Waals surface area contributed by atoms with E-state index >= 15 is 0 Å². The average Bonchev–Trinajstić information content (AvgIpc) is 2.97. The molecule has 1 fully saturated rings. The molecule has 122 valence electrons. The predicted octanol–water partition coefficient (Wildman–Crippen LogP) is 2.20. The van der Waals surface area contributed by atoms with E-state index in [-0.39, 0.29) is 11.9 Å². The van der Waals surface area contributed by atoms with Gasteiger partial charge in [0.15, 0.2) is 0 Å². The van der Waals surface area contributed by atoms with E-state index in [9.17, 15) is 4.79 Å². The largest absolute Gasteiger partial charge is 0.353 e. The van der Waals surface area contributed by atoms with E-state index in [0.29, 0.717) is 0 Å². The fourth-order valence-electron chi connectivity index (χ4n) is 2.90. The molecule has 0 radical (unpaired) electrons. The summed E-state index contributed by atoms with van der Waals surface area (Å²) >= 11 is 1.47. The molecule has 0 spiro atoms. The van der Waals surface area contributed by atoms with E-state index in [1.54, 1.807) is 18.6 Å². The Labute approximate surface area is 140 Å². The van der Waals surface area contributed by atoms with Gasteiger partial charge in [0.2, 0.25) is 0 Å². The molecule has 0 unspecified atom stereocenters. The zero-order valence-corrected chi connectivity index (χ0v) is 14.3. The highest BCUT2D eigenvalue weighted by molar-refractivity contribution is 7.13. The minimum Gasteiger partial charge on any atom is -0.353 e. The van der Waals surface area contributed by atoms with Crippen LogP contribution >= 0.6 is 11.3 Å². The summed E-state index contributed by atoms with van der Waals surface area (Å²) < 4.78 is 0. The van der Waals surface area contributed by atoms with Gasteiger partial charge < -0.3 is 10.2 Å². The minimum absolute atomic E-state index is 0.00144. The fraction of sp³-hybridized carbons (Fsp3) is 0.500. The first-order chi connectivity index (χ1) is 11.2. The molecule has 7 heteroatoms. The lowest BCUT2D eigenvalue weighted by atomic mass is 10.1. The number of aryl methyl sites for hydroxylation is 2. The number of carbonyl (C=O) groups is 1. The molecule has 1 saturated heterocycles. The normalized spacial score (nSPS) is 18.0.